The van der Waals surface area contributed by atoms with Crippen LogP contribution < -0.4 is 5.73 Å². The monoisotopic (exact) mass is 294 g/mol. The largest absolute Gasteiger partial charge is 0.330 e. The zero-order valence-electron chi connectivity index (χ0n) is 11.3. The minimum atomic E-state index is 0.0331. The molecule has 0 aliphatic heterocycles. The fourth-order valence-corrected chi connectivity index (χ4v) is 3.17. The second-order valence-corrected chi connectivity index (χ2v) is 6.66. The first-order valence-corrected chi connectivity index (χ1v) is 7.66. The normalized spacial score (nSPS) is 11.8. The molecule has 0 spiro atoms. The molecule has 1 aromatic carbocycles. The Balaban J connectivity index is 2.14. The van der Waals surface area contributed by atoms with Gasteiger partial charge in [0.25, 0.3) is 0 Å². The Morgan fingerprint density at radius 1 is 1.26 bits per heavy atom. The molecular formula is C15H19ClN2S. The number of aromatic nitrogens is 1. The number of hydrogen-bond acceptors (Lipinski definition) is 3. The van der Waals surface area contributed by atoms with E-state index in [9.17, 15) is 0 Å². The highest BCUT2D eigenvalue weighted by molar-refractivity contribution is 7.09. The molecule has 1 aromatic heterocycles. The van der Waals surface area contributed by atoms with E-state index in [1.165, 1.54) is 10.6 Å². The molecule has 19 heavy (non-hydrogen) atoms. The van der Waals surface area contributed by atoms with Gasteiger partial charge in [-0.1, -0.05) is 37.6 Å². The van der Waals surface area contributed by atoms with Crippen molar-refractivity contribution in [2.75, 3.05) is 6.54 Å². The smallest absolute Gasteiger partial charge is 0.0987 e. The van der Waals surface area contributed by atoms with Crippen LogP contribution in [0.1, 0.15) is 30.1 Å². The van der Waals surface area contributed by atoms with Crippen molar-refractivity contribution in [1.82, 2.24) is 4.98 Å². The molecule has 0 aliphatic rings. The van der Waals surface area contributed by atoms with Crippen LogP contribution in [0.25, 0.3) is 0 Å². The van der Waals surface area contributed by atoms with Crippen LogP contribution in [-0.4, -0.2) is 11.5 Å². The Hall–Kier alpha value is -0.900. The maximum atomic E-state index is 5.92. The lowest BCUT2D eigenvalue weighted by Gasteiger charge is -2.22. The van der Waals surface area contributed by atoms with E-state index in [0.717, 1.165) is 23.6 Å². The molecule has 0 saturated carbocycles. The van der Waals surface area contributed by atoms with Gasteiger partial charge in [0, 0.05) is 22.2 Å². The molecule has 0 atom stereocenters. The van der Waals surface area contributed by atoms with Crippen LogP contribution in [0.15, 0.2) is 29.6 Å². The van der Waals surface area contributed by atoms with Crippen LogP contribution in [0, 0.1) is 0 Å². The van der Waals surface area contributed by atoms with Crippen molar-refractivity contribution in [3.8, 4) is 0 Å². The van der Waals surface area contributed by atoms with Crippen LogP contribution in [0.2, 0.25) is 5.02 Å². The molecule has 0 amide bonds. The van der Waals surface area contributed by atoms with Gasteiger partial charge in [0.15, 0.2) is 0 Å². The van der Waals surface area contributed by atoms with Crippen LogP contribution in [0.3, 0.4) is 0 Å². The summed E-state index contributed by atoms with van der Waals surface area (Å²) in [4.78, 5) is 4.70. The van der Waals surface area contributed by atoms with E-state index in [1.807, 2.05) is 12.1 Å². The van der Waals surface area contributed by atoms with Crippen molar-refractivity contribution in [3.05, 3.63) is 50.9 Å². The number of hydrogen-bond donors (Lipinski definition) is 1. The zero-order valence-corrected chi connectivity index (χ0v) is 12.9. The first-order chi connectivity index (χ1) is 9.01. The van der Waals surface area contributed by atoms with E-state index in [4.69, 9.17) is 22.3 Å². The zero-order chi connectivity index (χ0) is 13.9. The van der Waals surface area contributed by atoms with Gasteiger partial charge in [0.2, 0.25) is 0 Å². The van der Waals surface area contributed by atoms with Gasteiger partial charge in [-0.3, -0.25) is 0 Å². The molecule has 0 fully saturated rings. The number of halogens is 1. The number of nitrogens with zero attached hydrogens (tertiary/aromatic N) is 1. The molecule has 4 heteroatoms. The fraction of sp³-hybridized carbons (Fsp3) is 0.400. The first kappa shape index (κ1) is 14.5. The van der Waals surface area contributed by atoms with Gasteiger partial charge in [-0.2, -0.15) is 0 Å². The van der Waals surface area contributed by atoms with E-state index in [-0.39, 0.29) is 5.41 Å². The Bertz CT molecular complexity index is 531. The maximum Gasteiger partial charge on any atom is 0.0987 e. The summed E-state index contributed by atoms with van der Waals surface area (Å²) in [6.45, 7) is 5.11. The van der Waals surface area contributed by atoms with Gasteiger partial charge in [-0.15, -0.1) is 11.3 Å². The predicted molar refractivity (Wildman–Crippen MR) is 83.1 cm³/mol. The highest BCUT2D eigenvalue weighted by atomic mass is 35.5. The number of nitrogens with two attached hydrogens (primary N) is 1. The molecule has 0 aliphatic carbocycles. The SMILES string of the molecule is CC(C)(Cc1ccc(Cl)cc1)c1nc(CCN)cs1. The molecule has 2 N–H and O–H groups in total. The Morgan fingerprint density at radius 3 is 2.58 bits per heavy atom. The van der Waals surface area contributed by atoms with E-state index in [2.05, 4.69) is 31.4 Å². The van der Waals surface area contributed by atoms with E-state index in [0.29, 0.717) is 6.54 Å². The van der Waals surface area contributed by atoms with Gasteiger partial charge < -0.3 is 5.73 Å². The van der Waals surface area contributed by atoms with E-state index < -0.39 is 0 Å². The summed E-state index contributed by atoms with van der Waals surface area (Å²) in [5.41, 5.74) is 7.99. The number of benzene rings is 1. The molecule has 0 saturated heterocycles. The molecule has 0 bridgehead atoms. The van der Waals surface area contributed by atoms with Crippen molar-refractivity contribution in [3.63, 3.8) is 0 Å². The van der Waals surface area contributed by atoms with Crippen LogP contribution in [-0.2, 0) is 18.3 Å². The fourth-order valence-electron chi connectivity index (χ4n) is 2.07. The van der Waals surface area contributed by atoms with Gasteiger partial charge in [0.1, 0.15) is 0 Å². The van der Waals surface area contributed by atoms with Crippen molar-refractivity contribution in [1.29, 1.82) is 0 Å². The van der Waals surface area contributed by atoms with Crippen molar-refractivity contribution < 1.29 is 0 Å². The summed E-state index contributed by atoms with van der Waals surface area (Å²) in [5, 5.41) is 4.07. The lowest BCUT2D eigenvalue weighted by atomic mass is 9.86. The highest BCUT2D eigenvalue weighted by Crippen LogP contribution is 2.30. The van der Waals surface area contributed by atoms with Crippen molar-refractivity contribution >= 4 is 22.9 Å². The molecule has 1 heterocycles. The summed E-state index contributed by atoms with van der Waals surface area (Å²) < 4.78 is 0. The summed E-state index contributed by atoms with van der Waals surface area (Å²) in [5.74, 6) is 0. The molecule has 2 aromatic rings. The summed E-state index contributed by atoms with van der Waals surface area (Å²) in [7, 11) is 0. The highest BCUT2D eigenvalue weighted by Gasteiger charge is 2.24. The number of rotatable bonds is 5. The predicted octanol–water partition coefficient (Wildman–Crippen LogP) is 3.82. The van der Waals surface area contributed by atoms with E-state index >= 15 is 0 Å². The standard InChI is InChI=1S/C15H19ClN2S/c1-15(2,9-11-3-5-12(16)6-4-11)14-18-13(7-8-17)10-19-14/h3-6,10H,7-9,17H2,1-2H3. The summed E-state index contributed by atoms with van der Waals surface area (Å²) in [6.07, 6.45) is 1.81. The lowest BCUT2D eigenvalue weighted by Crippen LogP contribution is -2.20. The van der Waals surface area contributed by atoms with Crippen molar-refractivity contribution in [2.45, 2.75) is 32.1 Å². The Morgan fingerprint density at radius 2 is 1.95 bits per heavy atom. The lowest BCUT2D eigenvalue weighted by molar-refractivity contribution is 0.517. The summed E-state index contributed by atoms with van der Waals surface area (Å²) >= 11 is 7.64. The quantitative estimate of drug-likeness (QED) is 0.910. The van der Waals surface area contributed by atoms with Crippen molar-refractivity contribution in [2.24, 2.45) is 5.73 Å². The minimum absolute atomic E-state index is 0.0331. The molecule has 2 rings (SSSR count). The van der Waals surface area contributed by atoms with Crippen LogP contribution >= 0.6 is 22.9 Å². The molecule has 2 nitrogen and oxygen atoms in total. The first-order valence-electron chi connectivity index (χ1n) is 6.40. The van der Waals surface area contributed by atoms with Gasteiger partial charge in [-0.05, 0) is 30.7 Å². The topological polar surface area (TPSA) is 38.9 Å². The molecule has 0 unspecified atom stereocenters. The van der Waals surface area contributed by atoms with Gasteiger partial charge in [-0.25, -0.2) is 4.98 Å². The molecule has 102 valence electrons. The van der Waals surface area contributed by atoms with Gasteiger partial charge >= 0.3 is 0 Å². The average molecular weight is 295 g/mol. The Labute approximate surface area is 123 Å². The average Bonchev–Trinajstić information content (AvgIpc) is 2.82. The van der Waals surface area contributed by atoms with Crippen LogP contribution in [0.5, 0.6) is 0 Å². The second kappa shape index (κ2) is 6.04. The number of thiazole rings is 1. The third-order valence-electron chi connectivity index (χ3n) is 3.09. The molecule has 0 radical (unpaired) electrons. The van der Waals surface area contributed by atoms with Crippen LogP contribution in [0.4, 0.5) is 0 Å². The third kappa shape index (κ3) is 3.78. The van der Waals surface area contributed by atoms with E-state index in [1.54, 1.807) is 11.3 Å². The summed E-state index contributed by atoms with van der Waals surface area (Å²) in [6, 6.07) is 8.04. The Kier molecular flexibility index (Phi) is 4.61. The maximum absolute atomic E-state index is 5.92. The van der Waals surface area contributed by atoms with Gasteiger partial charge in [0.05, 0.1) is 10.7 Å². The molecular weight excluding hydrogens is 276 g/mol. The minimum Gasteiger partial charge on any atom is -0.330 e. The third-order valence-corrected chi connectivity index (χ3v) is 4.60. The second-order valence-electron chi connectivity index (χ2n) is 5.37.